The normalized spacial score (nSPS) is 12.9. The minimum Gasteiger partial charge on any atom is -0.469 e. The van der Waals surface area contributed by atoms with E-state index in [2.05, 4.69) is 9.73 Å². The third-order valence-electron chi connectivity index (χ3n) is 1.80. The molecule has 0 radical (unpaired) electrons. The molecule has 0 aromatic heterocycles. The molecule has 0 unspecified atom stereocenters. The van der Waals surface area contributed by atoms with Crippen molar-refractivity contribution >= 4 is 12.0 Å². The molecule has 0 fully saturated rings. The summed E-state index contributed by atoms with van der Waals surface area (Å²) in [5.74, 6) is -0.362. The van der Waals surface area contributed by atoms with Crippen molar-refractivity contribution in [3.63, 3.8) is 0 Å². The number of rotatable bonds is 3. The largest absolute Gasteiger partial charge is 0.469 e. The van der Waals surface area contributed by atoms with Gasteiger partial charge >= 0.3 is 5.97 Å². The molecule has 0 heterocycles. The van der Waals surface area contributed by atoms with Crippen LogP contribution in [0.2, 0.25) is 0 Å². The van der Waals surface area contributed by atoms with Gasteiger partial charge in [0.2, 0.25) is 6.08 Å². The molecule has 0 amide bonds. The van der Waals surface area contributed by atoms with E-state index in [-0.39, 0.29) is 23.8 Å². The van der Waals surface area contributed by atoms with Crippen LogP contribution in [0.15, 0.2) is 4.99 Å². The van der Waals surface area contributed by atoms with Crippen LogP contribution in [-0.2, 0) is 14.3 Å². The highest BCUT2D eigenvalue weighted by atomic mass is 16.5. The topological polar surface area (TPSA) is 55.7 Å². The van der Waals surface area contributed by atoms with Crippen LogP contribution >= 0.6 is 0 Å². The lowest BCUT2D eigenvalue weighted by atomic mass is 9.85. The van der Waals surface area contributed by atoms with Crippen molar-refractivity contribution < 1.29 is 14.3 Å². The van der Waals surface area contributed by atoms with Gasteiger partial charge in [-0.15, -0.1) is 0 Å². The summed E-state index contributed by atoms with van der Waals surface area (Å²) in [5, 5.41) is 0. The van der Waals surface area contributed by atoms with E-state index in [0.717, 1.165) is 0 Å². The first-order valence-corrected chi connectivity index (χ1v) is 4.05. The van der Waals surface area contributed by atoms with E-state index >= 15 is 0 Å². The molecule has 0 aliphatic carbocycles. The Bertz CT molecular complexity index is 224. The maximum atomic E-state index is 10.9. The minimum atomic E-state index is -0.363. The molecule has 0 rings (SSSR count). The van der Waals surface area contributed by atoms with Gasteiger partial charge in [-0.1, -0.05) is 20.8 Å². The summed E-state index contributed by atoms with van der Waals surface area (Å²) in [6.45, 7) is 5.71. The van der Waals surface area contributed by atoms with E-state index in [1.54, 1.807) is 0 Å². The third-order valence-corrected chi connectivity index (χ3v) is 1.80. The molecule has 0 aliphatic rings. The number of ether oxygens (including phenoxy) is 1. The predicted octanol–water partition coefficient (Wildman–Crippen LogP) is 1.30. The van der Waals surface area contributed by atoms with Crippen molar-refractivity contribution in [1.82, 2.24) is 0 Å². The van der Waals surface area contributed by atoms with Crippen LogP contribution in [0.1, 0.15) is 27.2 Å². The average molecular weight is 185 g/mol. The van der Waals surface area contributed by atoms with Crippen LogP contribution < -0.4 is 0 Å². The van der Waals surface area contributed by atoms with Gasteiger partial charge in [-0.3, -0.25) is 4.79 Å². The van der Waals surface area contributed by atoms with Crippen molar-refractivity contribution in [2.45, 2.75) is 33.2 Å². The molecule has 0 aromatic rings. The number of carbonyl (C=O) groups is 1. The van der Waals surface area contributed by atoms with E-state index in [1.807, 2.05) is 20.8 Å². The van der Waals surface area contributed by atoms with Gasteiger partial charge in [0.15, 0.2) is 0 Å². The number of methoxy groups -OCH3 is 1. The fourth-order valence-electron chi connectivity index (χ4n) is 0.850. The Morgan fingerprint density at radius 1 is 1.54 bits per heavy atom. The van der Waals surface area contributed by atoms with E-state index in [4.69, 9.17) is 0 Å². The van der Waals surface area contributed by atoms with Crippen molar-refractivity contribution in [2.75, 3.05) is 7.11 Å². The molecule has 0 bridgehead atoms. The van der Waals surface area contributed by atoms with Crippen molar-refractivity contribution in [3.05, 3.63) is 0 Å². The highest BCUT2D eigenvalue weighted by molar-refractivity contribution is 5.70. The maximum absolute atomic E-state index is 10.9. The fourth-order valence-corrected chi connectivity index (χ4v) is 0.850. The van der Waals surface area contributed by atoms with Crippen molar-refractivity contribution in [2.24, 2.45) is 10.4 Å². The molecule has 13 heavy (non-hydrogen) atoms. The monoisotopic (exact) mass is 185 g/mol. The smallest absolute Gasteiger partial charge is 0.307 e. The molecule has 0 spiro atoms. The van der Waals surface area contributed by atoms with Crippen LogP contribution in [0.5, 0.6) is 0 Å². The molecule has 0 aromatic carbocycles. The van der Waals surface area contributed by atoms with E-state index in [1.165, 1.54) is 13.2 Å². The van der Waals surface area contributed by atoms with E-state index in [9.17, 15) is 9.59 Å². The second-order valence-corrected chi connectivity index (χ2v) is 3.88. The Kier molecular flexibility index (Phi) is 4.35. The SMILES string of the molecule is COC(=O)C[C@H](N=C=O)C(C)(C)C. The summed E-state index contributed by atoms with van der Waals surface area (Å²) in [4.78, 5) is 24.6. The lowest BCUT2D eigenvalue weighted by Gasteiger charge is -2.24. The molecule has 0 aliphatic heterocycles. The van der Waals surface area contributed by atoms with Crippen LogP contribution in [0, 0.1) is 5.41 Å². The second kappa shape index (κ2) is 4.77. The highest BCUT2D eigenvalue weighted by Gasteiger charge is 2.26. The Hall–Kier alpha value is -1.15. The zero-order valence-corrected chi connectivity index (χ0v) is 8.46. The van der Waals surface area contributed by atoms with E-state index < -0.39 is 0 Å². The van der Waals surface area contributed by atoms with Crippen LogP contribution in [0.4, 0.5) is 0 Å². The molecule has 1 atom stereocenters. The molecular weight excluding hydrogens is 170 g/mol. The molecular formula is C9H15NO3. The number of hydrogen-bond acceptors (Lipinski definition) is 4. The Balaban J connectivity index is 4.45. The van der Waals surface area contributed by atoms with E-state index in [0.29, 0.717) is 0 Å². The van der Waals surface area contributed by atoms with Crippen LogP contribution in [0.3, 0.4) is 0 Å². The number of aliphatic imine (C=N–C) groups is 1. The summed E-state index contributed by atoms with van der Waals surface area (Å²) in [5.41, 5.74) is -0.231. The first kappa shape index (κ1) is 11.8. The number of isocyanates is 1. The zero-order valence-electron chi connectivity index (χ0n) is 8.46. The number of esters is 1. The summed E-state index contributed by atoms with van der Waals surface area (Å²) >= 11 is 0. The molecule has 0 saturated heterocycles. The molecule has 74 valence electrons. The lowest BCUT2D eigenvalue weighted by Crippen LogP contribution is -2.27. The van der Waals surface area contributed by atoms with Gasteiger partial charge in [0.05, 0.1) is 19.6 Å². The summed E-state index contributed by atoms with van der Waals surface area (Å²) in [7, 11) is 1.31. The van der Waals surface area contributed by atoms with Crippen LogP contribution in [0.25, 0.3) is 0 Å². The molecule has 0 N–H and O–H groups in total. The molecule has 4 heteroatoms. The van der Waals surface area contributed by atoms with Gasteiger partial charge in [-0.25, -0.2) is 9.79 Å². The quantitative estimate of drug-likeness (QED) is 0.378. The number of carbonyl (C=O) groups excluding carboxylic acids is 2. The highest BCUT2D eigenvalue weighted by Crippen LogP contribution is 2.24. The molecule has 4 nitrogen and oxygen atoms in total. The summed E-state index contributed by atoms with van der Waals surface area (Å²) in [6, 6.07) is -0.363. The standard InChI is InChI=1S/C9H15NO3/c1-9(2,3)7(10-6-11)5-8(12)13-4/h7H,5H2,1-4H3/t7-/m0/s1. The Labute approximate surface area is 78.0 Å². The van der Waals surface area contributed by atoms with Crippen LogP contribution in [-0.4, -0.2) is 25.2 Å². The van der Waals surface area contributed by atoms with Gasteiger partial charge in [0.25, 0.3) is 0 Å². The van der Waals surface area contributed by atoms with Gasteiger partial charge in [-0.05, 0) is 5.41 Å². The summed E-state index contributed by atoms with van der Waals surface area (Å²) < 4.78 is 4.49. The average Bonchev–Trinajstić information content (AvgIpc) is 2.01. The maximum Gasteiger partial charge on any atom is 0.307 e. The second-order valence-electron chi connectivity index (χ2n) is 3.88. The molecule has 0 saturated carbocycles. The van der Waals surface area contributed by atoms with Gasteiger partial charge < -0.3 is 4.74 Å². The third kappa shape index (κ3) is 4.43. The first-order chi connectivity index (χ1) is 5.91. The zero-order chi connectivity index (χ0) is 10.5. The first-order valence-electron chi connectivity index (χ1n) is 4.05. The Morgan fingerprint density at radius 3 is 2.38 bits per heavy atom. The lowest BCUT2D eigenvalue weighted by molar-refractivity contribution is -0.141. The van der Waals surface area contributed by atoms with Gasteiger partial charge in [-0.2, -0.15) is 0 Å². The number of hydrogen-bond donors (Lipinski definition) is 0. The van der Waals surface area contributed by atoms with Gasteiger partial charge in [0.1, 0.15) is 0 Å². The predicted molar refractivity (Wildman–Crippen MR) is 48.0 cm³/mol. The number of nitrogens with zero attached hydrogens (tertiary/aromatic N) is 1. The van der Waals surface area contributed by atoms with Crippen molar-refractivity contribution in [1.29, 1.82) is 0 Å². The minimum absolute atomic E-state index is 0.120. The fraction of sp³-hybridized carbons (Fsp3) is 0.778. The van der Waals surface area contributed by atoms with Gasteiger partial charge in [0, 0.05) is 0 Å². The van der Waals surface area contributed by atoms with Crippen molar-refractivity contribution in [3.8, 4) is 0 Å². The summed E-state index contributed by atoms with van der Waals surface area (Å²) in [6.07, 6.45) is 1.59. The Morgan fingerprint density at radius 2 is 2.08 bits per heavy atom.